The van der Waals surface area contributed by atoms with Crippen LogP contribution in [-0.2, 0) is 0 Å². The Morgan fingerprint density at radius 3 is 2.60 bits per heavy atom. The lowest BCUT2D eigenvalue weighted by atomic mass is 9.97. The first-order chi connectivity index (χ1) is 9.40. The van der Waals surface area contributed by atoms with Gasteiger partial charge in [0, 0.05) is 10.0 Å². The standard InChI is InChI=1S/C15H13BrN2O2/c1-9-12-13(20-15(9,2)3)17-8-18(14(12)19)11-6-4-10(16)5-7-11/h4-8H,1H2,2-3H3. The van der Waals surface area contributed by atoms with Crippen LogP contribution in [0.5, 0.6) is 5.88 Å². The molecule has 102 valence electrons. The summed E-state index contributed by atoms with van der Waals surface area (Å²) in [6.07, 6.45) is 1.49. The highest BCUT2D eigenvalue weighted by molar-refractivity contribution is 9.10. The Balaban J connectivity index is 2.19. The van der Waals surface area contributed by atoms with Crippen molar-refractivity contribution < 1.29 is 4.74 Å². The Labute approximate surface area is 124 Å². The molecule has 2 heterocycles. The molecule has 0 fully saturated rings. The fraction of sp³-hybridized carbons (Fsp3) is 0.200. The first-order valence-electron chi connectivity index (χ1n) is 6.16. The largest absolute Gasteiger partial charge is 0.466 e. The van der Waals surface area contributed by atoms with Crippen molar-refractivity contribution in [3.8, 4) is 11.6 Å². The highest BCUT2D eigenvalue weighted by Gasteiger charge is 2.38. The number of rotatable bonds is 1. The van der Waals surface area contributed by atoms with Crippen molar-refractivity contribution in [2.75, 3.05) is 0 Å². The van der Waals surface area contributed by atoms with Crippen LogP contribution < -0.4 is 10.3 Å². The first-order valence-corrected chi connectivity index (χ1v) is 6.96. The van der Waals surface area contributed by atoms with Crippen molar-refractivity contribution in [2.24, 2.45) is 0 Å². The zero-order valence-corrected chi connectivity index (χ0v) is 12.8. The van der Waals surface area contributed by atoms with Crippen LogP contribution in [0.2, 0.25) is 0 Å². The highest BCUT2D eigenvalue weighted by atomic mass is 79.9. The van der Waals surface area contributed by atoms with Crippen LogP contribution in [0.1, 0.15) is 19.4 Å². The van der Waals surface area contributed by atoms with Gasteiger partial charge in [-0.3, -0.25) is 9.36 Å². The van der Waals surface area contributed by atoms with E-state index in [9.17, 15) is 4.79 Å². The maximum Gasteiger partial charge on any atom is 0.269 e. The Bertz CT molecular complexity index is 760. The number of hydrogen-bond acceptors (Lipinski definition) is 3. The summed E-state index contributed by atoms with van der Waals surface area (Å²) in [5, 5.41) is 0. The molecule has 1 aromatic carbocycles. The maximum absolute atomic E-state index is 12.6. The molecule has 0 amide bonds. The predicted octanol–water partition coefficient (Wildman–Crippen LogP) is 3.18. The smallest absolute Gasteiger partial charge is 0.269 e. The summed E-state index contributed by atoms with van der Waals surface area (Å²) < 4.78 is 8.12. The van der Waals surface area contributed by atoms with Crippen LogP contribution in [-0.4, -0.2) is 15.2 Å². The van der Waals surface area contributed by atoms with Crippen LogP contribution in [0, 0.1) is 0 Å². The zero-order valence-electron chi connectivity index (χ0n) is 11.2. The van der Waals surface area contributed by atoms with Gasteiger partial charge in [-0.2, -0.15) is 0 Å². The number of hydrogen-bond donors (Lipinski definition) is 0. The van der Waals surface area contributed by atoms with Crippen LogP contribution in [0.25, 0.3) is 11.3 Å². The fourth-order valence-electron chi connectivity index (χ4n) is 2.16. The number of halogens is 1. The zero-order chi connectivity index (χ0) is 14.5. The molecule has 0 N–H and O–H groups in total. The Kier molecular flexibility index (Phi) is 2.83. The molecule has 1 aliphatic rings. The summed E-state index contributed by atoms with van der Waals surface area (Å²) in [6, 6.07) is 7.46. The number of nitrogens with zero attached hydrogens (tertiary/aromatic N) is 2. The van der Waals surface area contributed by atoms with Crippen molar-refractivity contribution in [1.82, 2.24) is 9.55 Å². The topological polar surface area (TPSA) is 44.1 Å². The molecule has 2 aromatic rings. The van der Waals surface area contributed by atoms with E-state index in [1.807, 2.05) is 38.1 Å². The molecule has 0 radical (unpaired) electrons. The van der Waals surface area contributed by atoms with Crippen molar-refractivity contribution in [1.29, 1.82) is 0 Å². The van der Waals surface area contributed by atoms with Crippen LogP contribution in [0.15, 0.2) is 46.4 Å². The third-order valence-corrected chi connectivity index (χ3v) is 3.95. The van der Waals surface area contributed by atoms with Gasteiger partial charge in [0.15, 0.2) is 0 Å². The molecule has 0 saturated heterocycles. The number of benzene rings is 1. The quantitative estimate of drug-likeness (QED) is 0.805. The van der Waals surface area contributed by atoms with E-state index in [0.29, 0.717) is 17.0 Å². The van der Waals surface area contributed by atoms with Crippen LogP contribution >= 0.6 is 15.9 Å². The van der Waals surface area contributed by atoms with E-state index in [4.69, 9.17) is 4.74 Å². The summed E-state index contributed by atoms with van der Waals surface area (Å²) in [5.41, 5.74) is 1.13. The summed E-state index contributed by atoms with van der Waals surface area (Å²) >= 11 is 3.37. The summed E-state index contributed by atoms with van der Waals surface area (Å²) in [7, 11) is 0. The van der Waals surface area contributed by atoms with Gasteiger partial charge in [0.2, 0.25) is 5.88 Å². The average Bonchev–Trinajstić information content (AvgIpc) is 2.63. The number of fused-ring (bicyclic) bond motifs is 1. The van der Waals surface area contributed by atoms with Gasteiger partial charge in [-0.25, -0.2) is 4.98 Å². The minimum atomic E-state index is -0.590. The molecular formula is C15H13BrN2O2. The molecule has 0 atom stereocenters. The number of aromatic nitrogens is 2. The molecule has 0 aliphatic carbocycles. The van der Waals surface area contributed by atoms with Crippen molar-refractivity contribution >= 4 is 21.5 Å². The predicted molar refractivity (Wildman–Crippen MR) is 81.3 cm³/mol. The van der Waals surface area contributed by atoms with Gasteiger partial charge in [0.1, 0.15) is 17.5 Å². The van der Waals surface area contributed by atoms with Gasteiger partial charge in [0.25, 0.3) is 5.56 Å². The summed E-state index contributed by atoms with van der Waals surface area (Å²) in [5.74, 6) is 0.360. The van der Waals surface area contributed by atoms with E-state index in [1.165, 1.54) is 10.9 Å². The van der Waals surface area contributed by atoms with E-state index in [1.54, 1.807) is 0 Å². The Morgan fingerprint density at radius 1 is 1.30 bits per heavy atom. The van der Waals surface area contributed by atoms with E-state index in [0.717, 1.165) is 10.2 Å². The average molecular weight is 333 g/mol. The molecule has 3 rings (SSSR count). The highest BCUT2D eigenvalue weighted by Crippen LogP contribution is 2.39. The summed E-state index contributed by atoms with van der Waals surface area (Å²) in [4.78, 5) is 16.8. The van der Waals surface area contributed by atoms with E-state index >= 15 is 0 Å². The van der Waals surface area contributed by atoms with Gasteiger partial charge in [0.05, 0.1) is 5.69 Å². The van der Waals surface area contributed by atoms with Gasteiger partial charge >= 0.3 is 0 Å². The van der Waals surface area contributed by atoms with Crippen LogP contribution in [0.4, 0.5) is 0 Å². The third kappa shape index (κ3) is 1.89. The van der Waals surface area contributed by atoms with E-state index < -0.39 is 5.60 Å². The minimum Gasteiger partial charge on any atom is -0.466 e. The molecule has 1 aromatic heterocycles. The Hall–Kier alpha value is -1.88. The van der Waals surface area contributed by atoms with E-state index in [2.05, 4.69) is 27.5 Å². The molecule has 20 heavy (non-hydrogen) atoms. The fourth-order valence-corrected chi connectivity index (χ4v) is 2.43. The second kappa shape index (κ2) is 4.31. The van der Waals surface area contributed by atoms with Gasteiger partial charge < -0.3 is 4.74 Å². The molecule has 0 saturated carbocycles. The maximum atomic E-state index is 12.6. The molecule has 0 unspecified atom stereocenters. The van der Waals surface area contributed by atoms with Crippen molar-refractivity contribution in [3.63, 3.8) is 0 Å². The van der Waals surface area contributed by atoms with Crippen molar-refractivity contribution in [3.05, 3.63) is 57.6 Å². The first kappa shape index (κ1) is 13.1. The molecular weight excluding hydrogens is 320 g/mol. The Morgan fingerprint density at radius 2 is 1.95 bits per heavy atom. The molecule has 0 bridgehead atoms. The molecule has 1 aliphatic heterocycles. The van der Waals surface area contributed by atoms with Gasteiger partial charge in [-0.15, -0.1) is 0 Å². The molecule has 5 heteroatoms. The monoisotopic (exact) mass is 332 g/mol. The second-order valence-electron chi connectivity index (χ2n) is 5.17. The summed E-state index contributed by atoms with van der Waals surface area (Å²) in [6.45, 7) is 7.72. The lowest BCUT2D eigenvalue weighted by Gasteiger charge is -2.17. The van der Waals surface area contributed by atoms with Gasteiger partial charge in [-0.05, 0) is 38.1 Å². The lowest BCUT2D eigenvalue weighted by molar-refractivity contribution is 0.182. The second-order valence-corrected chi connectivity index (χ2v) is 6.08. The normalized spacial score (nSPS) is 15.8. The SMILES string of the molecule is C=C1c2c(ncn(-c3ccc(Br)cc3)c2=O)OC1(C)C. The lowest BCUT2D eigenvalue weighted by Crippen LogP contribution is -2.25. The van der Waals surface area contributed by atoms with Crippen LogP contribution in [0.3, 0.4) is 0 Å². The van der Waals surface area contributed by atoms with Crippen molar-refractivity contribution in [2.45, 2.75) is 19.4 Å². The third-order valence-electron chi connectivity index (χ3n) is 3.42. The minimum absolute atomic E-state index is 0.159. The molecule has 4 nitrogen and oxygen atoms in total. The number of ether oxygens (including phenoxy) is 1. The van der Waals surface area contributed by atoms with E-state index in [-0.39, 0.29) is 5.56 Å². The van der Waals surface area contributed by atoms with Gasteiger partial charge in [-0.1, -0.05) is 22.5 Å². The molecule has 0 spiro atoms.